The second-order valence-corrected chi connectivity index (χ2v) is 7.34. The number of rotatable bonds is 5. The molecule has 0 spiro atoms. The number of hydrogen-bond donors (Lipinski definition) is 2. The van der Waals surface area contributed by atoms with Crippen LogP contribution in [-0.2, 0) is 6.42 Å². The summed E-state index contributed by atoms with van der Waals surface area (Å²) < 4.78 is 13.3. The van der Waals surface area contributed by atoms with E-state index in [1.54, 1.807) is 18.3 Å². The summed E-state index contributed by atoms with van der Waals surface area (Å²) in [5.74, 6) is 0.964. The molecule has 28 heavy (non-hydrogen) atoms. The van der Waals surface area contributed by atoms with Gasteiger partial charge in [-0.2, -0.15) is 0 Å². The Hall–Kier alpha value is -2.67. The number of aromatic nitrogens is 3. The summed E-state index contributed by atoms with van der Waals surface area (Å²) in [7, 11) is 0. The molecule has 0 radical (unpaired) electrons. The summed E-state index contributed by atoms with van der Waals surface area (Å²) in [4.78, 5) is 26.2. The summed E-state index contributed by atoms with van der Waals surface area (Å²) in [5, 5.41) is 3.57. The fourth-order valence-electron chi connectivity index (χ4n) is 3.42. The first-order valence-corrected chi connectivity index (χ1v) is 9.81. The highest BCUT2D eigenvalue weighted by Gasteiger charge is 2.19. The van der Waals surface area contributed by atoms with Crippen LogP contribution in [0.15, 0.2) is 30.5 Å². The lowest BCUT2D eigenvalue weighted by Gasteiger charge is -2.26. The summed E-state index contributed by atoms with van der Waals surface area (Å²) >= 11 is 6.31. The molecule has 1 aliphatic rings. The van der Waals surface area contributed by atoms with Gasteiger partial charge in [-0.15, -0.1) is 0 Å². The number of nitrogens with one attached hydrogen (secondary N) is 2. The lowest BCUT2D eigenvalue weighted by molar-refractivity contribution is 0.0724. The van der Waals surface area contributed by atoms with Crippen molar-refractivity contribution in [3.63, 3.8) is 0 Å². The van der Waals surface area contributed by atoms with Gasteiger partial charge in [0.25, 0.3) is 5.91 Å². The van der Waals surface area contributed by atoms with E-state index >= 15 is 0 Å². The third-order valence-electron chi connectivity index (χ3n) is 4.88. The maximum atomic E-state index is 13.3. The molecular formula is C20H21ClFN5O. The Morgan fingerprint density at radius 3 is 2.86 bits per heavy atom. The first-order valence-electron chi connectivity index (χ1n) is 9.43. The summed E-state index contributed by atoms with van der Waals surface area (Å²) in [6.07, 6.45) is 5.42. The molecule has 0 saturated carbocycles. The molecule has 0 aliphatic carbocycles. The molecule has 8 heteroatoms. The number of amides is 1. The summed E-state index contributed by atoms with van der Waals surface area (Å²) in [6, 6.07) is 6.13. The van der Waals surface area contributed by atoms with Gasteiger partial charge in [0, 0.05) is 32.3 Å². The van der Waals surface area contributed by atoms with Crippen LogP contribution in [-0.4, -0.2) is 45.4 Å². The van der Waals surface area contributed by atoms with Crippen LogP contribution < -0.4 is 5.32 Å². The van der Waals surface area contributed by atoms with E-state index in [4.69, 9.17) is 11.6 Å². The topological polar surface area (TPSA) is 73.9 Å². The van der Waals surface area contributed by atoms with Gasteiger partial charge in [0.05, 0.1) is 21.6 Å². The van der Waals surface area contributed by atoms with Crippen LogP contribution in [0.2, 0.25) is 5.02 Å². The van der Waals surface area contributed by atoms with Gasteiger partial charge in [0.1, 0.15) is 17.5 Å². The Kier molecular flexibility index (Phi) is 5.43. The number of anilines is 1. The van der Waals surface area contributed by atoms with E-state index in [-0.39, 0.29) is 11.7 Å². The van der Waals surface area contributed by atoms with Crippen LogP contribution in [0, 0.1) is 5.82 Å². The van der Waals surface area contributed by atoms with E-state index in [9.17, 15) is 9.18 Å². The molecule has 1 fully saturated rings. The highest BCUT2D eigenvalue weighted by molar-refractivity contribution is 6.33. The number of likely N-dealkylation sites (tertiary alicyclic amines) is 1. The summed E-state index contributed by atoms with van der Waals surface area (Å²) in [6.45, 7) is 2.13. The zero-order chi connectivity index (χ0) is 19.5. The van der Waals surface area contributed by atoms with Gasteiger partial charge in [-0.25, -0.2) is 14.4 Å². The molecule has 6 nitrogen and oxygen atoms in total. The number of benzene rings is 1. The molecule has 0 unspecified atom stereocenters. The molecule has 1 amide bonds. The predicted molar refractivity (Wildman–Crippen MR) is 107 cm³/mol. The number of nitrogens with zero attached hydrogens (tertiary/aromatic N) is 3. The number of hydrogen-bond acceptors (Lipinski definition) is 4. The van der Waals surface area contributed by atoms with E-state index in [0.717, 1.165) is 37.3 Å². The minimum Gasteiger partial charge on any atom is -0.368 e. The third-order valence-corrected chi connectivity index (χ3v) is 5.17. The van der Waals surface area contributed by atoms with Crippen molar-refractivity contribution in [2.75, 3.05) is 25.0 Å². The quantitative estimate of drug-likeness (QED) is 0.676. The van der Waals surface area contributed by atoms with Crippen LogP contribution in [0.5, 0.6) is 0 Å². The number of aromatic amines is 1. The standard InChI is InChI=1S/C20H21ClFN5O/c21-15-10-13(20(28)27-8-2-1-3-9-27)12-24-19(15)23-7-6-18-25-16-5-4-14(22)11-17(16)26-18/h4-5,10-12H,1-3,6-9H2,(H,23,24)(H,25,26). The van der Waals surface area contributed by atoms with Crippen molar-refractivity contribution in [2.45, 2.75) is 25.7 Å². The molecule has 0 atom stereocenters. The van der Waals surface area contributed by atoms with E-state index in [1.807, 2.05) is 4.90 Å². The second-order valence-electron chi connectivity index (χ2n) is 6.93. The van der Waals surface area contributed by atoms with Crippen LogP contribution in [0.4, 0.5) is 10.2 Å². The van der Waals surface area contributed by atoms with Gasteiger partial charge in [-0.05, 0) is 43.5 Å². The minimum absolute atomic E-state index is 0.0184. The third kappa shape index (κ3) is 4.09. The molecule has 1 aliphatic heterocycles. The highest BCUT2D eigenvalue weighted by Crippen LogP contribution is 2.22. The van der Waals surface area contributed by atoms with Crippen molar-refractivity contribution in [1.82, 2.24) is 19.9 Å². The lowest BCUT2D eigenvalue weighted by Crippen LogP contribution is -2.35. The van der Waals surface area contributed by atoms with Crippen molar-refractivity contribution in [1.29, 1.82) is 0 Å². The SMILES string of the molecule is O=C(c1cnc(NCCc2nc3ccc(F)cc3[nH]2)c(Cl)c1)N1CCCCC1. The average Bonchev–Trinajstić information content (AvgIpc) is 3.11. The fraction of sp³-hybridized carbons (Fsp3) is 0.350. The molecular weight excluding hydrogens is 381 g/mol. The van der Waals surface area contributed by atoms with E-state index in [1.165, 1.54) is 18.6 Å². The molecule has 146 valence electrons. The van der Waals surface area contributed by atoms with E-state index in [2.05, 4.69) is 20.3 Å². The van der Waals surface area contributed by atoms with Crippen molar-refractivity contribution >= 4 is 34.4 Å². The van der Waals surface area contributed by atoms with Gasteiger partial charge < -0.3 is 15.2 Å². The number of carbonyl (C=O) groups excluding carboxylic acids is 1. The molecule has 1 saturated heterocycles. The zero-order valence-corrected chi connectivity index (χ0v) is 16.1. The lowest BCUT2D eigenvalue weighted by atomic mass is 10.1. The van der Waals surface area contributed by atoms with Gasteiger partial charge >= 0.3 is 0 Å². The molecule has 4 rings (SSSR count). The van der Waals surface area contributed by atoms with Crippen LogP contribution >= 0.6 is 11.6 Å². The van der Waals surface area contributed by atoms with E-state index in [0.29, 0.717) is 34.9 Å². The summed E-state index contributed by atoms with van der Waals surface area (Å²) in [5.41, 5.74) is 1.91. The number of halogens is 2. The second kappa shape index (κ2) is 8.14. The van der Waals surface area contributed by atoms with Gasteiger partial charge in [0.15, 0.2) is 0 Å². The number of imidazole rings is 1. The number of carbonyl (C=O) groups is 1. The monoisotopic (exact) mass is 401 g/mol. The molecule has 2 N–H and O–H groups in total. The average molecular weight is 402 g/mol. The normalized spacial score (nSPS) is 14.4. The number of pyridine rings is 1. The van der Waals surface area contributed by atoms with Crippen molar-refractivity contribution in [2.24, 2.45) is 0 Å². The highest BCUT2D eigenvalue weighted by atomic mass is 35.5. The predicted octanol–water partition coefficient (Wildman–Crippen LogP) is 4.03. The van der Waals surface area contributed by atoms with Gasteiger partial charge in [-0.1, -0.05) is 11.6 Å². The zero-order valence-electron chi connectivity index (χ0n) is 15.3. The van der Waals surface area contributed by atoms with Crippen LogP contribution in [0.1, 0.15) is 35.4 Å². The van der Waals surface area contributed by atoms with E-state index < -0.39 is 0 Å². The minimum atomic E-state index is -0.295. The van der Waals surface area contributed by atoms with Crippen LogP contribution in [0.3, 0.4) is 0 Å². The first-order chi connectivity index (χ1) is 13.6. The molecule has 0 bridgehead atoms. The number of piperidine rings is 1. The number of fused-ring (bicyclic) bond motifs is 1. The fourth-order valence-corrected chi connectivity index (χ4v) is 3.65. The maximum Gasteiger partial charge on any atom is 0.255 e. The Morgan fingerprint density at radius 1 is 1.25 bits per heavy atom. The van der Waals surface area contributed by atoms with Gasteiger partial charge in [-0.3, -0.25) is 4.79 Å². The van der Waals surface area contributed by atoms with Crippen molar-refractivity contribution in [3.8, 4) is 0 Å². The molecule has 1 aromatic carbocycles. The molecule has 3 aromatic rings. The molecule has 2 aromatic heterocycles. The number of H-pyrrole nitrogens is 1. The van der Waals surface area contributed by atoms with Crippen LogP contribution in [0.25, 0.3) is 11.0 Å². The Morgan fingerprint density at radius 2 is 2.07 bits per heavy atom. The van der Waals surface area contributed by atoms with Crippen molar-refractivity contribution in [3.05, 3.63) is 52.7 Å². The van der Waals surface area contributed by atoms with Gasteiger partial charge in [0.2, 0.25) is 0 Å². The smallest absolute Gasteiger partial charge is 0.255 e. The van der Waals surface area contributed by atoms with Crippen molar-refractivity contribution < 1.29 is 9.18 Å². The first kappa shape index (κ1) is 18.7. The molecule has 3 heterocycles. The Labute approximate surface area is 167 Å². The Balaban J connectivity index is 1.37. The maximum absolute atomic E-state index is 13.3. The Bertz CT molecular complexity index is 999. The largest absolute Gasteiger partial charge is 0.368 e.